The fourth-order valence-corrected chi connectivity index (χ4v) is 6.46. The Morgan fingerprint density at radius 3 is 2.42 bits per heavy atom. The summed E-state index contributed by atoms with van der Waals surface area (Å²) in [4.78, 5) is 17.4. The molecule has 0 saturated carbocycles. The monoisotopic (exact) mass is 567 g/mol. The number of sulfonamides is 1. The van der Waals surface area contributed by atoms with Gasteiger partial charge in [0.05, 0.1) is 23.2 Å². The van der Waals surface area contributed by atoms with Gasteiger partial charge in [0.15, 0.2) is 5.82 Å². The summed E-state index contributed by atoms with van der Waals surface area (Å²) in [6.07, 6.45) is 2.15. The smallest absolute Gasteiger partial charge is 0.243 e. The molecule has 212 valence electrons. The molecule has 0 bridgehead atoms. The predicted octanol–water partition coefficient (Wildman–Crippen LogP) is 3.50. The van der Waals surface area contributed by atoms with Gasteiger partial charge in [0.1, 0.15) is 5.82 Å². The van der Waals surface area contributed by atoms with Crippen LogP contribution >= 0.6 is 0 Å². The van der Waals surface area contributed by atoms with Crippen molar-refractivity contribution in [1.29, 1.82) is 0 Å². The molecule has 2 saturated heterocycles. The van der Waals surface area contributed by atoms with Crippen LogP contribution in [0.25, 0.3) is 11.3 Å². The molecule has 1 atom stereocenters. The average Bonchev–Trinajstić information content (AvgIpc) is 3.35. The highest BCUT2D eigenvalue weighted by molar-refractivity contribution is 7.89. The summed E-state index contributed by atoms with van der Waals surface area (Å²) in [6, 6.07) is 16.5. The molecular formula is C29H34FN5O4S. The van der Waals surface area contributed by atoms with Crippen LogP contribution in [0, 0.1) is 12.7 Å². The fraction of sp³-hybridized carbons (Fsp3) is 0.414. The molecule has 2 aliphatic heterocycles. The van der Waals surface area contributed by atoms with Crippen LogP contribution in [0.15, 0.2) is 65.6 Å². The van der Waals surface area contributed by atoms with Gasteiger partial charge < -0.3 is 14.5 Å². The zero-order valence-corrected chi connectivity index (χ0v) is 23.4. The Labute approximate surface area is 234 Å². The van der Waals surface area contributed by atoms with E-state index in [0.29, 0.717) is 50.7 Å². The van der Waals surface area contributed by atoms with Gasteiger partial charge in [0.25, 0.3) is 0 Å². The van der Waals surface area contributed by atoms with Gasteiger partial charge in [-0.15, -0.1) is 10.2 Å². The highest BCUT2D eigenvalue weighted by Crippen LogP contribution is 2.22. The summed E-state index contributed by atoms with van der Waals surface area (Å²) in [6.45, 7) is 4.63. The van der Waals surface area contributed by atoms with E-state index >= 15 is 0 Å². The second-order valence-electron chi connectivity index (χ2n) is 10.3. The van der Waals surface area contributed by atoms with Crippen molar-refractivity contribution in [1.82, 2.24) is 19.4 Å². The molecule has 0 N–H and O–H groups in total. The van der Waals surface area contributed by atoms with Gasteiger partial charge in [-0.1, -0.05) is 17.7 Å². The van der Waals surface area contributed by atoms with Gasteiger partial charge in [-0.25, -0.2) is 12.8 Å². The first-order valence-electron chi connectivity index (χ1n) is 13.6. The van der Waals surface area contributed by atoms with E-state index in [-0.39, 0.29) is 35.8 Å². The lowest BCUT2D eigenvalue weighted by molar-refractivity contribution is -0.131. The zero-order valence-electron chi connectivity index (χ0n) is 22.6. The predicted molar refractivity (Wildman–Crippen MR) is 150 cm³/mol. The van der Waals surface area contributed by atoms with Gasteiger partial charge in [-0.2, -0.15) is 4.31 Å². The maximum Gasteiger partial charge on any atom is 0.243 e. The summed E-state index contributed by atoms with van der Waals surface area (Å²) < 4.78 is 47.3. The average molecular weight is 568 g/mol. The van der Waals surface area contributed by atoms with Crippen LogP contribution < -0.4 is 4.90 Å². The third-order valence-electron chi connectivity index (χ3n) is 7.36. The summed E-state index contributed by atoms with van der Waals surface area (Å²) in [5, 5.41) is 8.68. The second kappa shape index (κ2) is 12.4. The van der Waals surface area contributed by atoms with Crippen molar-refractivity contribution in [2.45, 2.75) is 37.2 Å². The standard InChI is InChI=1S/C29H34FN5O4S/c1-22-5-11-26(12-6-22)40(37,38)35(20-25-4-2-19-39-25)21-29(36)34-16-3-15-33(17-18-34)28-14-13-27(31-32-28)23-7-9-24(30)10-8-23/h5-14,25H,2-4,15-21H2,1H3. The van der Waals surface area contributed by atoms with Crippen molar-refractivity contribution in [2.24, 2.45) is 0 Å². The number of carbonyl (C=O) groups is 1. The Balaban J connectivity index is 1.25. The second-order valence-corrected chi connectivity index (χ2v) is 12.2. The topological polar surface area (TPSA) is 95.9 Å². The number of carbonyl (C=O) groups excluding carboxylic acids is 1. The Kier molecular flexibility index (Phi) is 8.72. The molecule has 1 amide bonds. The van der Waals surface area contributed by atoms with E-state index in [9.17, 15) is 17.6 Å². The van der Waals surface area contributed by atoms with Gasteiger partial charge >= 0.3 is 0 Å². The minimum absolute atomic E-state index is 0.151. The lowest BCUT2D eigenvalue weighted by atomic mass is 10.1. The minimum Gasteiger partial charge on any atom is -0.377 e. The molecule has 1 unspecified atom stereocenters. The lowest BCUT2D eigenvalue weighted by Crippen LogP contribution is -2.46. The van der Waals surface area contributed by atoms with Crippen LogP contribution in [0.3, 0.4) is 0 Å². The molecule has 11 heteroatoms. The van der Waals surface area contributed by atoms with E-state index in [1.54, 1.807) is 41.3 Å². The van der Waals surface area contributed by atoms with Gasteiger partial charge in [-0.05, 0) is 74.7 Å². The molecule has 2 fully saturated rings. The third-order valence-corrected chi connectivity index (χ3v) is 9.19. The van der Waals surface area contributed by atoms with Crippen molar-refractivity contribution >= 4 is 21.7 Å². The zero-order chi connectivity index (χ0) is 28.1. The molecule has 40 heavy (non-hydrogen) atoms. The Morgan fingerprint density at radius 2 is 1.75 bits per heavy atom. The number of amides is 1. The van der Waals surface area contributed by atoms with Crippen LogP contribution in [-0.2, 0) is 19.6 Å². The van der Waals surface area contributed by atoms with Crippen molar-refractivity contribution in [3.8, 4) is 11.3 Å². The third kappa shape index (κ3) is 6.65. The first kappa shape index (κ1) is 28.1. The summed E-state index contributed by atoms with van der Waals surface area (Å²) in [5.74, 6) is 0.162. The first-order chi connectivity index (χ1) is 19.3. The number of rotatable bonds is 8. The first-order valence-corrected chi connectivity index (χ1v) is 15.0. The van der Waals surface area contributed by atoms with Crippen LogP contribution in [0.1, 0.15) is 24.8 Å². The fourth-order valence-electron chi connectivity index (χ4n) is 5.04. The highest BCUT2D eigenvalue weighted by Gasteiger charge is 2.32. The number of hydrogen-bond donors (Lipinski definition) is 0. The number of nitrogens with zero attached hydrogens (tertiary/aromatic N) is 5. The van der Waals surface area contributed by atoms with Crippen molar-refractivity contribution in [2.75, 3.05) is 50.8 Å². The number of ether oxygens (including phenoxy) is 1. The van der Waals surface area contributed by atoms with Crippen molar-refractivity contribution in [3.63, 3.8) is 0 Å². The normalized spacial score (nSPS) is 18.2. The SMILES string of the molecule is Cc1ccc(S(=O)(=O)N(CC(=O)N2CCCN(c3ccc(-c4ccc(F)cc4)nn3)CC2)CC2CCCO2)cc1. The Morgan fingerprint density at radius 1 is 0.975 bits per heavy atom. The van der Waals surface area contributed by atoms with Crippen LogP contribution in [0.5, 0.6) is 0 Å². The van der Waals surface area contributed by atoms with Crippen LogP contribution in [-0.4, -0.2) is 85.7 Å². The van der Waals surface area contributed by atoms with E-state index in [2.05, 4.69) is 15.1 Å². The maximum atomic E-state index is 13.6. The number of halogens is 1. The Bertz CT molecular complexity index is 1400. The van der Waals surface area contributed by atoms with Crippen LogP contribution in [0.4, 0.5) is 10.2 Å². The van der Waals surface area contributed by atoms with E-state index in [4.69, 9.17) is 4.74 Å². The molecule has 9 nitrogen and oxygen atoms in total. The molecule has 2 aromatic carbocycles. The van der Waals surface area contributed by atoms with E-state index < -0.39 is 10.0 Å². The lowest BCUT2D eigenvalue weighted by Gasteiger charge is -2.28. The number of anilines is 1. The van der Waals surface area contributed by atoms with Crippen molar-refractivity contribution in [3.05, 3.63) is 72.0 Å². The molecule has 2 aliphatic rings. The maximum absolute atomic E-state index is 13.6. The number of aromatic nitrogens is 2. The minimum atomic E-state index is -3.87. The molecule has 0 aliphatic carbocycles. The number of hydrogen-bond acceptors (Lipinski definition) is 7. The largest absolute Gasteiger partial charge is 0.377 e. The molecular weight excluding hydrogens is 533 g/mol. The molecule has 0 spiro atoms. The number of benzene rings is 2. The molecule has 0 radical (unpaired) electrons. The van der Waals surface area contributed by atoms with Crippen molar-refractivity contribution < 1.29 is 22.3 Å². The summed E-state index contributed by atoms with van der Waals surface area (Å²) in [7, 11) is -3.87. The molecule has 3 aromatic rings. The van der Waals surface area contributed by atoms with E-state index in [0.717, 1.165) is 24.0 Å². The summed E-state index contributed by atoms with van der Waals surface area (Å²) in [5.41, 5.74) is 2.39. The highest BCUT2D eigenvalue weighted by atomic mass is 32.2. The Hall–Kier alpha value is -3.41. The van der Waals surface area contributed by atoms with Gasteiger partial charge in [0.2, 0.25) is 15.9 Å². The van der Waals surface area contributed by atoms with Gasteiger partial charge in [-0.3, -0.25) is 4.79 Å². The molecule has 1 aromatic heterocycles. The van der Waals surface area contributed by atoms with Gasteiger partial charge in [0, 0.05) is 44.9 Å². The molecule has 3 heterocycles. The van der Waals surface area contributed by atoms with E-state index in [1.807, 2.05) is 19.1 Å². The molecule has 5 rings (SSSR count). The van der Waals surface area contributed by atoms with E-state index in [1.165, 1.54) is 16.4 Å². The number of aryl methyl sites for hydroxylation is 1. The quantitative estimate of drug-likeness (QED) is 0.411. The van der Waals surface area contributed by atoms with Crippen LogP contribution in [0.2, 0.25) is 0 Å². The summed E-state index contributed by atoms with van der Waals surface area (Å²) >= 11 is 0.